The third-order valence-corrected chi connectivity index (χ3v) is 5.38. The van der Waals surface area contributed by atoms with Gasteiger partial charge in [-0.25, -0.2) is 4.39 Å². The van der Waals surface area contributed by atoms with Crippen LogP contribution in [0.5, 0.6) is 0 Å². The normalized spacial score (nSPS) is 17.7. The van der Waals surface area contributed by atoms with E-state index in [-0.39, 0.29) is 17.1 Å². The van der Waals surface area contributed by atoms with Crippen LogP contribution in [0, 0.1) is 5.82 Å². The van der Waals surface area contributed by atoms with Crippen molar-refractivity contribution >= 4 is 5.91 Å². The van der Waals surface area contributed by atoms with E-state index in [1.54, 1.807) is 19.1 Å². The molecule has 0 atom stereocenters. The predicted molar refractivity (Wildman–Crippen MR) is 104 cm³/mol. The van der Waals surface area contributed by atoms with Gasteiger partial charge in [-0.15, -0.1) is 0 Å². The van der Waals surface area contributed by atoms with Crippen molar-refractivity contribution in [1.82, 2.24) is 20.4 Å². The molecule has 0 bridgehead atoms. The molecule has 2 aromatic rings. The van der Waals surface area contributed by atoms with Gasteiger partial charge in [0, 0.05) is 43.2 Å². The average molecular weight is 372 g/mol. The molecule has 2 N–H and O–H groups in total. The van der Waals surface area contributed by atoms with E-state index >= 15 is 0 Å². The lowest BCUT2D eigenvalue weighted by Crippen LogP contribution is -2.52. The largest absolute Gasteiger partial charge is 0.347 e. The number of aromatic nitrogens is 2. The maximum absolute atomic E-state index is 13.3. The van der Waals surface area contributed by atoms with Crippen molar-refractivity contribution in [2.45, 2.75) is 58.0 Å². The van der Waals surface area contributed by atoms with Gasteiger partial charge in [-0.2, -0.15) is 5.10 Å². The van der Waals surface area contributed by atoms with E-state index in [2.05, 4.69) is 41.2 Å². The Morgan fingerprint density at radius 3 is 2.44 bits per heavy atom. The number of carbonyl (C=O) groups is 1. The third-order valence-electron chi connectivity index (χ3n) is 5.38. The van der Waals surface area contributed by atoms with Gasteiger partial charge in [0.25, 0.3) is 0 Å². The highest BCUT2D eigenvalue weighted by Crippen LogP contribution is 2.34. The molecule has 6 heteroatoms. The first-order chi connectivity index (χ1) is 12.7. The highest BCUT2D eigenvalue weighted by molar-refractivity contribution is 5.74. The van der Waals surface area contributed by atoms with E-state index in [4.69, 9.17) is 0 Å². The fourth-order valence-corrected chi connectivity index (χ4v) is 4.01. The zero-order valence-corrected chi connectivity index (χ0v) is 16.6. The van der Waals surface area contributed by atoms with Gasteiger partial charge in [0.1, 0.15) is 5.82 Å². The summed E-state index contributed by atoms with van der Waals surface area (Å²) in [5.74, 6) is -0.318. The van der Waals surface area contributed by atoms with Crippen molar-refractivity contribution in [2.75, 3.05) is 13.1 Å². The Balaban J connectivity index is 1.74. The molecule has 5 nitrogen and oxygen atoms in total. The van der Waals surface area contributed by atoms with Crippen LogP contribution in [0.1, 0.15) is 57.4 Å². The van der Waals surface area contributed by atoms with Gasteiger partial charge in [0.15, 0.2) is 0 Å². The summed E-state index contributed by atoms with van der Waals surface area (Å²) in [6.07, 6.45) is 3.50. The molecule has 0 spiro atoms. The van der Waals surface area contributed by atoms with Crippen molar-refractivity contribution in [2.24, 2.45) is 0 Å². The number of H-pyrrole nitrogens is 1. The molecule has 0 unspecified atom stereocenters. The molecule has 0 radical (unpaired) electrons. The van der Waals surface area contributed by atoms with Crippen molar-refractivity contribution in [3.05, 3.63) is 53.1 Å². The molecular weight excluding hydrogens is 343 g/mol. The number of nitrogens with zero attached hydrogens (tertiary/aromatic N) is 2. The summed E-state index contributed by atoms with van der Waals surface area (Å²) in [4.78, 5) is 14.2. The number of piperidine rings is 1. The molecule has 1 aliphatic heterocycles. The summed E-state index contributed by atoms with van der Waals surface area (Å²) in [5, 5.41) is 10.5. The smallest absolute Gasteiger partial charge is 0.217 e. The Morgan fingerprint density at radius 1 is 1.26 bits per heavy atom. The molecule has 1 fully saturated rings. The van der Waals surface area contributed by atoms with E-state index in [1.165, 1.54) is 23.4 Å². The number of hydrogen-bond donors (Lipinski definition) is 2. The molecule has 0 aliphatic carbocycles. The molecule has 0 saturated carbocycles. The van der Waals surface area contributed by atoms with Crippen LogP contribution in [-0.4, -0.2) is 34.1 Å². The molecule has 1 amide bonds. The van der Waals surface area contributed by atoms with E-state index in [1.807, 2.05) is 6.20 Å². The zero-order chi connectivity index (χ0) is 19.7. The molecular formula is C21H29FN4O. The molecule has 2 heterocycles. The number of carbonyl (C=O) groups excluding carboxylic acids is 1. The van der Waals surface area contributed by atoms with Gasteiger partial charge >= 0.3 is 0 Å². The standard InChI is InChI=1S/C21H29FN4O/c1-15(27)24-21(17-5-7-18(22)8-6-17)9-11-26(12-10-21)14-16-13-23-25-19(16)20(2,3)4/h5-8,13H,9-12,14H2,1-4H3,(H,23,25)(H,24,27). The first kappa shape index (κ1) is 19.5. The number of aromatic amines is 1. The summed E-state index contributed by atoms with van der Waals surface area (Å²) in [6, 6.07) is 6.50. The minimum Gasteiger partial charge on any atom is -0.347 e. The topological polar surface area (TPSA) is 61.0 Å². The Morgan fingerprint density at radius 2 is 1.89 bits per heavy atom. The van der Waals surface area contributed by atoms with Crippen LogP contribution < -0.4 is 5.32 Å². The molecule has 1 aromatic carbocycles. The summed E-state index contributed by atoms with van der Waals surface area (Å²) in [7, 11) is 0. The van der Waals surface area contributed by atoms with Gasteiger partial charge in [-0.3, -0.25) is 14.8 Å². The molecule has 146 valence electrons. The second kappa shape index (κ2) is 7.43. The van der Waals surface area contributed by atoms with Crippen LogP contribution in [-0.2, 0) is 22.3 Å². The van der Waals surface area contributed by atoms with Gasteiger partial charge in [0.05, 0.1) is 11.7 Å². The highest BCUT2D eigenvalue weighted by atomic mass is 19.1. The van der Waals surface area contributed by atoms with E-state index in [9.17, 15) is 9.18 Å². The second-order valence-corrected chi connectivity index (χ2v) is 8.57. The maximum Gasteiger partial charge on any atom is 0.217 e. The van der Waals surface area contributed by atoms with E-state index < -0.39 is 5.54 Å². The Kier molecular flexibility index (Phi) is 5.38. The third kappa shape index (κ3) is 4.38. The van der Waals surface area contributed by atoms with Crippen molar-refractivity contribution in [3.8, 4) is 0 Å². The Bertz CT molecular complexity index is 783. The second-order valence-electron chi connectivity index (χ2n) is 8.57. The summed E-state index contributed by atoms with van der Waals surface area (Å²) < 4.78 is 13.3. The molecule has 3 rings (SSSR count). The first-order valence-corrected chi connectivity index (χ1v) is 9.49. The number of halogens is 1. The summed E-state index contributed by atoms with van der Waals surface area (Å²) in [6.45, 7) is 10.6. The number of nitrogens with one attached hydrogen (secondary N) is 2. The number of likely N-dealkylation sites (tertiary alicyclic amines) is 1. The van der Waals surface area contributed by atoms with Crippen LogP contribution >= 0.6 is 0 Å². The fourth-order valence-electron chi connectivity index (χ4n) is 4.01. The Labute approximate surface area is 160 Å². The van der Waals surface area contributed by atoms with E-state index in [0.717, 1.165) is 38.0 Å². The van der Waals surface area contributed by atoms with Gasteiger partial charge in [-0.1, -0.05) is 32.9 Å². The number of rotatable bonds is 4. The minimum absolute atomic E-state index is 0.0235. The quantitative estimate of drug-likeness (QED) is 0.864. The first-order valence-electron chi connectivity index (χ1n) is 9.49. The van der Waals surface area contributed by atoms with Crippen molar-refractivity contribution < 1.29 is 9.18 Å². The number of amides is 1. The average Bonchev–Trinajstić information content (AvgIpc) is 3.05. The SMILES string of the molecule is CC(=O)NC1(c2ccc(F)cc2)CCN(Cc2cn[nH]c2C(C)(C)C)CC1. The van der Waals surface area contributed by atoms with Crippen LogP contribution in [0.4, 0.5) is 4.39 Å². The van der Waals surface area contributed by atoms with Crippen LogP contribution in [0.3, 0.4) is 0 Å². The maximum atomic E-state index is 13.3. The zero-order valence-electron chi connectivity index (χ0n) is 16.6. The molecule has 1 aromatic heterocycles. The highest BCUT2D eigenvalue weighted by Gasteiger charge is 2.37. The van der Waals surface area contributed by atoms with Gasteiger partial charge < -0.3 is 5.32 Å². The number of benzene rings is 1. The lowest BCUT2D eigenvalue weighted by Gasteiger charge is -2.42. The van der Waals surface area contributed by atoms with Crippen molar-refractivity contribution in [1.29, 1.82) is 0 Å². The summed E-state index contributed by atoms with van der Waals surface area (Å²) in [5.41, 5.74) is 2.95. The van der Waals surface area contributed by atoms with Gasteiger partial charge in [0.2, 0.25) is 5.91 Å². The van der Waals surface area contributed by atoms with Crippen LogP contribution in [0.25, 0.3) is 0 Å². The number of hydrogen-bond acceptors (Lipinski definition) is 3. The predicted octanol–water partition coefficient (Wildman–Crippen LogP) is 3.47. The fraction of sp³-hybridized carbons (Fsp3) is 0.524. The minimum atomic E-state index is -0.431. The molecule has 27 heavy (non-hydrogen) atoms. The van der Waals surface area contributed by atoms with Crippen molar-refractivity contribution in [3.63, 3.8) is 0 Å². The monoisotopic (exact) mass is 372 g/mol. The lowest BCUT2D eigenvalue weighted by atomic mass is 9.80. The van der Waals surface area contributed by atoms with Crippen LogP contribution in [0.2, 0.25) is 0 Å². The molecule has 1 saturated heterocycles. The van der Waals surface area contributed by atoms with Crippen LogP contribution in [0.15, 0.2) is 30.5 Å². The Hall–Kier alpha value is -2.21. The van der Waals surface area contributed by atoms with E-state index in [0.29, 0.717) is 0 Å². The van der Waals surface area contributed by atoms with Gasteiger partial charge in [-0.05, 0) is 30.5 Å². The summed E-state index contributed by atoms with van der Waals surface area (Å²) >= 11 is 0. The lowest BCUT2D eigenvalue weighted by molar-refractivity contribution is -0.121. The molecule has 1 aliphatic rings.